The molecule has 0 bridgehead atoms. The first kappa shape index (κ1) is 22.1. The fourth-order valence-electron chi connectivity index (χ4n) is 4.88. The Kier molecular flexibility index (Phi) is 5.51. The molecule has 36 heavy (non-hydrogen) atoms. The standard InChI is InChI=1S/C26H24N8O2/c1-2-24(35)31-18-10-17(12-27-13-18)26(36)33-9-6-16(15-33)22-11-20-19(5-8-28-25(20)32-22)21-14-30-34-23(21)4-3-7-29-34/h2-5,7-8,10-14,16,26,36H,1,6,9,15H2,(H,28,32)(H,31,35). The summed E-state index contributed by atoms with van der Waals surface area (Å²) in [7, 11) is 0. The van der Waals surface area contributed by atoms with Crippen molar-refractivity contribution in [1.82, 2.24) is 34.7 Å². The molecule has 6 rings (SSSR count). The number of aliphatic hydroxyl groups excluding tert-OH is 1. The maximum Gasteiger partial charge on any atom is 0.247 e. The number of aromatic nitrogens is 6. The molecule has 1 aliphatic heterocycles. The van der Waals surface area contributed by atoms with E-state index in [0.29, 0.717) is 17.8 Å². The lowest BCUT2D eigenvalue weighted by atomic mass is 10.0. The fraction of sp³-hybridized carbons (Fsp3) is 0.192. The Labute approximate surface area is 206 Å². The molecule has 0 aromatic carbocycles. The van der Waals surface area contributed by atoms with Crippen LogP contribution in [0.25, 0.3) is 27.7 Å². The molecule has 1 aliphatic rings. The molecule has 6 heterocycles. The van der Waals surface area contributed by atoms with Crippen LogP contribution in [0.1, 0.15) is 29.8 Å². The van der Waals surface area contributed by atoms with E-state index in [1.54, 1.807) is 35.5 Å². The van der Waals surface area contributed by atoms with Crippen molar-refractivity contribution in [3.63, 3.8) is 0 Å². The third-order valence-corrected chi connectivity index (χ3v) is 6.66. The average molecular weight is 481 g/mol. The highest BCUT2D eigenvalue weighted by Crippen LogP contribution is 2.36. The Morgan fingerprint density at radius 2 is 2.11 bits per heavy atom. The summed E-state index contributed by atoms with van der Waals surface area (Å²) in [4.78, 5) is 25.8. The van der Waals surface area contributed by atoms with Gasteiger partial charge in [-0.05, 0) is 48.4 Å². The molecule has 2 atom stereocenters. The van der Waals surface area contributed by atoms with Gasteiger partial charge in [0.2, 0.25) is 5.91 Å². The average Bonchev–Trinajstić information content (AvgIpc) is 3.66. The van der Waals surface area contributed by atoms with E-state index < -0.39 is 6.23 Å². The summed E-state index contributed by atoms with van der Waals surface area (Å²) in [6.45, 7) is 4.86. The number of carbonyl (C=O) groups is 1. The molecule has 1 saturated heterocycles. The van der Waals surface area contributed by atoms with Gasteiger partial charge in [-0.2, -0.15) is 14.8 Å². The lowest BCUT2D eigenvalue weighted by Crippen LogP contribution is -2.26. The lowest BCUT2D eigenvalue weighted by Gasteiger charge is -2.23. The van der Waals surface area contributed by atoms with Gasteiger partial charge in [0.15, 0.2) is 0 Å². The Morgan fingerprint density at radius 1 is 1.19 bits per heavy atom. The minimum Gasteiger partial charge on any atom is -0.374 e. The molecule has 3 N–H and O–H groups in total. The molecule has 0 radical (unpaired) electrons. The van der Waals surface area contributed by atoms with Crippen molar-refractivity contribution in [2.24, 2.45) is 0 Å². The minimum absolute atomic E-state index is 0.212. The van der Waals surface area contributed by atoms with Crippen LogP contribution in [-0.2, 0) is 4.79 Å². The summed E-state index contributed by atoms with van der Waals surface area (Å²) >= 11 is 0. The van der Waals surface area contributed by atoms with Crippen molar-refractivity contribution in [2.45, 2.75) is 18.6 Å². The van der Waals surface area contributed by atoms with E-state index in [-0.39, 0.29) is 11.8 Å². The number of fused-ring (bicyclic) bond motifs is 2. The first-order valence-electron chi connectivity index (χ1n) is 11.7. The van der Waals surface area contributed by atoms with Crippen LogP contribution >= 0.6 is 0 Å². The number of nitrogens with zero attached hydrogens (tertiary/aromatic N) is 6. The van der Waals surface area contributed by atoms with Crippen LogP contribution in [0.15, 0.2) is 74.0 Å². The molecule has 2 unspecified atom stereocenters. The number of H-pyrrole nitrogens is 1. The third-order valence-electron chi connectivity index (χ3n) is 6.66. The first-order chi connectivity index (χ1) is 17.6. The van der Waals surface area contributed by atoms with Crippen LogP contribution in [0.4, 0.5) is 5.69 Å². The van der Waals surface area contributed by atoms with Crippen LogP contribution in [0.3, 0.4) is 0 Å². The SMILES string of the molecule is C=CC(=O)Nc1cncc(C(O)N2CCC(c3cc4c(-c5cnn6ncccc56)ccnc4[nH]3)C2)c1. The largest absolute Gasteiger partial charge is 0.374 e. The van der Waals surface area contributed by atoms with Gasteiger partial charge in [0, 0.05) is 59.8 Å². The molecular formula is C26H24N8O2. The Balaban J connectivity index is 1.24. The van der Waals surface area contributed by atoms with Crippen molar-refractivity contribution in [2.75, 3.05) is 18.4 Å². The zero-order valence-corrected chi connectivity index (χ0v) is 19.4. The highest BCUT2D eigenvalue weighted by Gasteiger charge is 2.30. The second kappa shape index (κ2) is 8.99. The molecule has 10 nitrogen and oxygen atoms in total. The van der Waals surface area contributed by atoms with E-state index in [9.17, 15) is 9.90 Å². The number of pyridine rings is 2. The van der Waals surface area contributed by atoms with Gasteiger partial charge in [0.05, 0.1) is 23.6 Å². The van der Waals surface area contributed by atoms with E-state index in [4.69, 9.17) is 0 Å². The predicted octanol–water partition coefficient (Wildman–Crippen LogP) is 3.27. The highest BCUT2D eigenvalue weighted by molar-refractivity contribution is 5.99. The third kappa shape index (κ3) is 3.92. The van der Waals surface area contributed by atoms with Crippen LogP contribution in [0.5, 0.6) is 0 Å². The summed E-state index contributed by atoms with van der Waals surface area (Å²) in [6, 6.07) is 9.79. The number of hydrogen-bond donors (Lipinski definition) is 3. The molecule has 0 aliphatic carbocycles. The minimum atomic E-state index is -0.826. The number of aliphatic hydroxyl groups is 1. The van der Waals surface area contributed by atoms with Gasteiger partial charge in [-0.1, -0.05) is 6.58 Å². The van der Waals surface area contributed by atoms with Gasteiger partial charge in [-0.25, -0.2) is 4.98 Å². The van der Waals surface area contributed by atoms with E-state index in [1.165, 1.54) is 6.08 Å². The van der Waals surface area contributed by atoms with E-state index in [0.717, 1.165) is 46.3 Å². The molecule has 10 heteroatoms. The maximum absolute atomic E-state index is 11.6. The van der Waals surface area contributed by atoms with Gasteiger partial charge in [-0.3, -0.25) is 14.7 Å². The quantitative estimate of drug-likeness (QED) is 0.319. The summed E-state index contributed by atoms with van der Waals surface area (Å²) in [6.07, 6.45) is 9.76. The van der Waals surface area contributed by atoms with E-state index in [1.807, 2.05) is 29.3 Å². The van der Waals surface area contributed by atoms with Gasteiger partial charge >= 0.3 is 0 Å². The molecular weight excluding hydrogens is 456 g/mol. The second-order valence-corrected chi connectivity index (χ2v) is 8.86. The predicted molar refractivity (Wildman–Crippen MR) is 135 cm³/mol. The highest BCUT2D eigenvalue weighted by atomic mass is 16.3. The molecule has 0 saturated carbocycles. The normalized spacial score (nSPS) is 17.0. The van der Waals surface area contributed by atoms with E-state index >= 15 is 0 Å². The number of aromatic amines is 1. The number of hydrogen-bond acceptors (Lipinski definition) is 7. The number of amides is 1. The Morgan fingerprint density at radius 3 is 3.00 bits per heavy atom. The van der Waals surface area contributed by atoms with Crippen LogP contribution in [0.2, 0.25) is 0 Å². The molecule has 1 amide bonds. The monoisotopic (exact) mass is 480 g/mol. The van der Waals surface area contributed by atoms with Crippen molar-refractivity contribution in [1.29, 1.82) is 0 Å². The smallest absolute Gasteiger partial charge is 0.247 e. The van der Waals surface area contributed by atoms with Gasteiger partial charge in [0.1, 0.15) is 11.9 Å². The summed E-state index contributed by atoms with van der Waals surface area (Å²) in [5.74, 6) is -0.110. The van der Waals surface area contributed by atoms with Crippen molar-refractivity contribution in [3.8, 4) is 11.1 Å². The van der Waals surface area contributed by atoms with Crippen LogP contribution in [0, 0.1) is 0 Å². The number of rotatable bonds is 6. The molecule has 0 spiro atoms. The first-order valence-corrected chi connectivity index (χ1v) is 11.7. The molecule has 5 aromatic rings. The Bertz CT molecular complexity index is 1590. The van der Waals surface area contributed by atoms with Gasteiger partial charge in [0.25, 0.3) is 0 Å². The Hall–Kier alpha value is -4.41. The molecule has 180 valence electrons. The topological polar surface area (TPSA) is 124 Å². The zero-order valence-electron chi connectivity index (χ0n) is 19.4. The van der Waals surface area contributed by atoms with E-state index in [2.05, 4.69) is 43.1 Å². The summed E-state index contributed by atoms with van der Waals surface area (Å²) < 4.78 is 1.62. The maximum atomic E-state index is 11.6. The van der Waals surface area contributed by atoms with Crippen molar-refractivity contribution in [3.05, 3.63) is 85.2 Å². The summed E-state index contributed by atoms with van der Waals surface area (Å²) in [5.41, 5.74) is 6.02. The van der Waals surface area contributed by atoms with Crippen LogP contribution in [-0.4, -0.2) is 58.8 Å². The number of carbonyl (C=O) groups excluding carboxylic acids is 1. The fourth-order valence-corrected chi connectivity index (χ4v) is 4.88. The molecule has 5 aromatic heterocycles. The zero-order chi connectivity index (χ0) is 24.6. The lowest BCUT2D eigenvalue weighted by molar-refractivity contribution is -0.111. The molecule has 1 fully saturated rings. The van der Waals surface area contributed by atoms with Gasteiger partial charge in [-0.15, -0.1) is 0 Å². The second-order valence-electron chi connectivity index (χ2n) is 8.86. The van der Waals surface area contributed by atoms with Gasteiger partial charge < -0.3 is 15.4 Å². The van der Waals surface area contributed by atoms with Crippen LogP contribution < -0.4 is 5.32 Å². The number of nitrogens with one attached hydrogen (secondary N) is 2. The van der Waals surface area contributed by atoms with Crippen molar-refractivity contribution < 1.29 is 9.90 Å². The number of anilines is 1. The number of likely N-dealkylation sites (tertiary alicyclic amines) is 1. The summed E-state index contributed by atoms with van der Waals surface area (Å²) in [5, 5.41) is 23.4. The van der Waals surface area contributed by atoms with Crippen molar-refractivity contribution >= 4 is 28.1 Å².